The van der Waals surface area contributed by atoms with E-state index in [-0.39, 0.29) is 30.4 Å². The van der Waals surface area contributed by atoms with Gasteiger partial charge >= 0.3 is 5.97 Å². The molecule has 0 amide bonds. The molecule has 0 aromatic heterocycles. The van der Waals surface area contributed by atoms with Crippen molar-refractivity contribution in [1.29, 1.82) is 0 Å². The number of esters is 1. The number of hydrogen-bond donors (Lipinski definition) is 4. The molecule has 0 aromatic rings. The summed E-state index contributed by atoms with van der Waals surface area (Å²) in [6, 6.07) is 0. The monoisotopic (exact) mass is 596 g/mol. The van der Waals surface area contributed by atoms with Gasteiger partial charge in [-0.3, -0.25) is 0 Å². The molecule has 246 valence electrons. The molecule has 0 spiro atoms. The zero-order valence-electron chi connectivity index (χ0n) is 26.9. The second kappa shape index (κ2) is 22.5. The number of aliphatic hydroxyl groups is 4. The van der Waals surface area contributed by atoms with Crippen LogP contribution in [0.4, 0.5) is 0 Å². The first-order chi connectivity index (χ1) is 20.3. The first kappa shape index (κ1) is 37.2. The van der Waals surface area contributed by atoms with E-state index in [0.29, 0.717) is 24.8 Å². The van der Waals surface area contributed by atoms with E-state index in [1.165, 1.54) is 57.8 Å². The summed E-state index contributed by atoms with van der Waals surface area (Å²) in [6.45, 7) is 4.07. The van der Waals surface area contributed by atoms with Gasteiger partial charge in [-0.15, -0.1) is 0 Å². The van der Waals surface area contributed by atoms with Gasteiger partial charge in [-0.25, -0.2) is 4.79 Å². The molecule has 0 unspecified atom stereocenters. The Morgan fingerprint density at radius 3 is 1.60 bits per heavy atom. The number of hydrogen-bond acceptors (Lipinski definition) is 7. The van der Waals surface area contributed by atoms with Crippen LogP contribution in [0.15, 0.2) is 11.6 Å². The van der Waals surface area contributed by atoms with Crippen molar-refractivity contribution in [3.8, 4) is 0 Å². The number of carbonyl (C=O) groups excluding carboxylic acids is 1. The Morgan fingerprint density at radius 2 is 1.10 bits per heavy atom. The SMILES string of the molecule is CCCCCCCCCCCC[C@H](O)[C@@H]1CC[C@H]([C@H](O)CCCCC[C@H](O)CCCC[C@H](O)CC2=C[C@H](C)OC2=O)O1. The van der Waals surface area contributed by atoms with E-state index >= 15 is 0 Å². The Hall–Kier alpha value is -0.990. The minimum Gasteiger partial charge on any atom is -0.455 e. The molecule has 42 heavy (non-hydrogen) atoms. The van der Waals surface area contributed by atoms with Crippen LogP contribution < -0.4 is 0 Å². The number of cyclic esters (lactones) is 1. The molecule has 0 bridgehead atoms. The molecule has 2 aliphatic heterocycles. The lowest BCUT2D eigenvalue weighted by atomic mass is 9.99. The van der Waals surface area contributed by atoms with Crippen molar-refractivity contribution in [2.24, 2.45) is 0 Å². The normalized spacial score (nSPS) is 23.5. The molecule has 7 nitrogen and oxygen atoms in total. The largest absolute Gasteiger partial charge is 0.455 e. The number of rotatable bonds is 26. The first-order valence-electron chi connectivity index (χ1n) is 17.6. The second-order valence-corrected chi connectivity index (χ2v) is 13.1. The molecule has 1 fully saturated rings. The van der Waals surface area contributed by atoms with Crippen LogP contribution in [-0.2, 0) is 14.3 Å². The Balaban J connectivity index is 1.41. The van der Waals surface area contributed by atoms with Crippen LogP contribution in [0.1, 0.15) is 162 Å². The van der Waals surface area contributed by atoms with Gasteiger partial charge in [-0.05, 0) is 57.9 Å². The molecule has 7 heteroatoms. The molecular formula is C35H64O7. The summed E-state index contributed by atoms with van der Waals surface area (Å²) in [7, 11) is 0. The smallest absolute Gasteiger partial charge is 0.334 e. The fraction of sp³-hybridized carbons (Fsp3) is 0.914. The van der Waals surface area contributed by atoms with Crippen molar-refractivity contribution in [3.63, 3.8) is 0 Å². The number of carbonyl (C=O) groups is 1. The molecule has 1 saturated heterocycles. The molecule has 0 aromatic carbocycles. The van der Waals surface area contributed by atoms with Crippen LogP contribution in [0.25, 0.3) is 0 Å². The summed E-state index contributed by atoms with van der Waals surface area (Å²) in [6.07, 6.45) is 22.4. The molecule has 2 aliphatic rings. The predicted molar refractivity (Wildman–Crippen MR) is 168 cm³/mol. The highest BCUT2D eigenvalue weighted by molar-refractivity contribution is 5.90. The van der Waals surface area contributed by atoms with Crippen LogP contribution >= 0.6 is 0 Å². The molecule has 0 saturated carbocycles. The van der Waals surface area contributed by atoms with Crippen LogP contribution in [0.2, 0.25) is 0 Å². The standard InChI is InChI=1S/C35H64O7/c1-3-4-5-6-7-8-9-10-11-14-21-31(38)33-23-24-34(42-33)32(39)22-15-12-13-18-29(36)19-16-17-20-30(37)26-28-25-27(2)41-35(28)40/h25,27,29-34,36-39H,3-24,26H2,1-2H3/t27-,29-,30-,31-,32+,33-,34+/m0/s1. The van der Waals surface area contributed by atoms with Gasteiger partial charge in [0, 0.05) is 12.0 Å². The molecule has 7 atom stereocenters. The third kappa shape index (κ3) is 16.2. The maximum atomic E-state index is 11.7. The van der Waals surface area contributed by atoms with Gasteiger partial charge in [-0.1, -0.05) is 103 Å². The van der Waals surface area contributed by atoms with Gasteiger partial charge < -0.3 is 29.9 Å². The quantitative estimate of drug-likeness (QED) is 0.0624. The topological polar surface area (TPSA) is 116 Å². The average Bonchev–Trinajstić information content (AvgIpc) is 3.58. The zero-order valence-corrected chi connectivity index (χ0v) is 26.9. The summed E-state index contributed by atoms with van der Waals surface area (Å²) in [4.78, 5) is 11.7. The number of ether oxygens (including phenoxy) is 2. The third-order valence-electron chi connectivity index (χ3n) is 9.11. The molecule has 2 rings (SSSR count). The summed E-state index contributed by atoms with van der Waals surface area (Å²) in [5.41, 5.74) is 0.566. The van der Waals surface area contributed by atoms with Crippen molar-refractivity contribution in [2.45, 2.75) is 204 Å². The van der Waals surface area contributed by atoms with E-state index in [4.69, 9.17) is 9.47 Å². The summed E-state index contributed by atoms with van der Waals surface area (Å²) >= 11 is 0. The Morgan fingerprint density at radius 1 is 0.667 bits per heavy atom. The molecule has 2 heterocycles. The number of unbranched alkanes of at least 4 members (excludes halogenated alkanes) is 12. The first-order valence-corrected chi connectivity index (χ1v) is 17.6. The molecular weight excluding hydrogens is 532 g/mol. The van der Waals surface area contributed by atoms with Crippen LogP contribution in [0.3, 0.4) is 0 Å². The summed E-state index contributed by atoms with van der Waals surface area (Å²) in [5, 5.41) is 41.7. The molecule has 4 N–H and O–H groups in total. The van der Waals surface area contributed by atoms with Crippen molar-refractivity contribution < 1.29 is 34.7 Å². The van der Waals surface area contributed by atoms with Crippen LogP contribution in [0, 0.1) is 0 Å². The van der Waals surface area contributed by atoms with Gasteiger partial charge in [0.1, 0.15) is 6.10 Å². The fourth-order valence-corrected chi connectivity index (χ4v) is 6.42. The van der Waals surface area contributed by atoms with E-state index in [9.17, 15) is 25.2 Å². The van der Waals surface area contributed by atoms with E-state index in [1.807, 2.05) is 6.92 Å². The van der Waals surface area contributed by atoms with E-state index < -0.39 is 18.3 Å². The van der Waals surface area contributed by atoms with Crippen molar-refractivity contribution in [2.75, 3.05) is 0 Å². The zero-order chi connectivity index (χ0) is 30.6. The van der Waals surface area contributed by atoms with Gasteiger partial charge in [0.05, 0.1) is 36.6 Å². The minimum absolute atomic E-state index is 0.139. The highest BCUT2D eigenvalue weighted by atomic mass is 16.5. The Bertz CT molecular complexity index is 726. The van der Waals surface area contributed by atoms with Gasteiger partial charge in [-0.2, -0.15) is 0 Å². The average molecular weight is 597 g/mol. The number of aliphatic hydroxyl groups excluding tert-OH is 4. The van der Waals surface area contributed by atoms with Crippen LogP contribution in [0.5, 0.6) is 0 Å². The van der Waals surface area contributed by atoms with Gasteiger partial charge in [0.15, 0.2) is 0 Å². The van der Waals surface area contributed by atoms with Gasteiger partial charge in [0.25, 0.3) is 0 Å². The maximum Gasteiger partial charge on any atom is 0.334 e. The van der Waals surface area contributed by atoms with Crippen molar-refractivity contribution in [1.82, 2.24) is 0 Å². The van der Waals surface area contributed by atoms with Gasteiger partial charge in [0.2, 0.25) is 0 Å². The second-order valence-electron chi connectivity index (χ2n) is 13.1. The third-order valence-corrected chi connectivity index (χ3v) is 9.11. The Kier molecular flexibility index (Phi) is 19.9. The van der Waals surface area contributed by atoms with Crippen LogP contribution in [-0.4, -0.2) is 69.1 Å². The minimum atomic E-state index is -0.551. The van der Waals surface area contributed by atoms with E-state index in [2.05, 4.69) is 6.92 Å². The lowest BCUT2D eigenvalue weighted by Crippen LogP contribution is -2.31. The maximum absolute atomic E-state index is 11.7. The summed E-state index contributed by atoms with van der Waals surface area (Å²) < 4.78 is 11.1. The molecule has 0 radical (unpaired) electrons. The fourth-order valence-electron chi connectivity index (χ4n) is 6.42. The van der Waals surface area contributed by atoms with E-state index in [1.54, 1.807) is 6.08 Å². The van der Waals surface area contributed by atoms with E-state index in [0.717, 1.165) is 70.6 Å². The molecule has 0 aliphatic carbocycles. The summed E-state index contributed by atoms with van der Waals surface area (Å²) in [5.74, 6) is -0.321. The Labute approximate surface area is 256 Å². The lowest BCUT2D eigenvalue weighted by Gasteiger charge is -2.22. The predicted octanol–water partition coefficient (Wildman–Crippen LogP) is 7.06. The highest BCUT2D eigenvalue weighted by Gasteiger charge is 2.34. The highest BCUT2D eigenvalue weighted by Crippen LogP contribution is 2.28. The van der Waals surface area contributed by atoms with Crippen molar-refractivity contribution >= 4 is 5.97 Å². The van der Waals surface area contributed by atoms with Crippen molar-refractivity contribution in [3.05, 3.63) is 11.6 Å². The lowest BCUT2D eigenvalue weighted by molar-refractivity contribution is -0.139.